The van der Waals surface area contributed by atoms with E-state index in [1.807, 2.05) is 0 Å². The van der Waals surface area contributed by atoms with Crippen molar-refractivity contribution in [2.45, 2.75) is 57.4 Å². The van der Waals surface area contributed by atoms with Crippen molar-refractivity contribution in [3.05, 3.63) is 24.3 Å². The van der Waals surface area contributed by atoms with Crippen LogP contribution in [0, 0.1) is 5.92 Å². The van der Waals surface area contributed by atoms with Crippen LogP contribution in [0.3, 0.4) is 0 Å². The second-order valence-electron chi connectivity index (χ2n) is 8.66. The van der Waals surface area contributed by atoms with Gasteiger partial charge in [0, 0.05) is 50.9 Å². The molecule has 178 valence electrons. The number of nitrogens with zero attached hydrogens (tertiary/aromatic N) is 3. The van der Waals surface area contributed by atoms with Gasteiger partial charge >= 0.3 is 0 Å². The zero-order valence-corrected chi connectivity index (χ0v) is 20.2. The summed E-state index contributed by atoms with van der Waals surface area (Å²) in [4.78, 5) is 29.4. The van der Waals surface area contributed by atoms with Crippen LogP contribution >= 0.6 is 0 Å². The standard InChI is InChI=1S/C23H36N4O4S/c1-4-26(5-2)32(30,31)21-11-9-20(10-12-21)27-17-19(16-22(27)28)23(29)24-13-15-25-14-7-6-8-18(25)3/h9-12,18-19H,4-8,13-17H2,1-3H3,(H,24,29)/t18-,19+/m0/s1. The Labute approximate surface area is 192 Å². The molecule has 2 saturated heterocycles. The van der Waals surface area contributed by atoms with Gasteiger partial charge in [-0.2, -0.15) is 4.31 Å². The van der Waals surface area contributed by atoms with Crippen LogP contribution in [0.2, 0.25) is 0 Å². The van der Waals surface area contributed by atoms with E-state index in [0.29, 0.717) is 37.9 Å². The maximum atomic E-state index is 12.7. The summed E-state index contributed by atoms with van der Waals surface area (Å²) in [5.41, 5.74) is 0.617. The van der Waals surface area contributed by atoms with Gasteiger partial charge in [0.25, 0.3) is 0 Å². The number of rotatable bonds is 9. The molecule has 0 radical (unpaired) electrons. The van der Waals surface area contributed by atoms with Crippen LogP contribution in [0.1, 0.15) is 46.5 Å². The van der Waals surface area contributed by atoms with E-state index < -0.39 is 10.0 Å². The third-order valence-electron chi connectivity index (χ3n) is 6.63. The molecule has 0 bridgehead atoms. The Morgan fingerprint density at radius 1 is 1.16 bits per heavy atom. The van der Waals surface area contributed by atoms with Gasteiger partial charge in [-0.05, 0) is 50.6 Å². The number of hydrogen-bond acceptors (Lipinski definition) is 5. The van der Waals surface area contributed by atoms with Crippen molar-refractivity contribution < 1.29 is 18.0 Å². The van der Waals surface area contributed by atoms with Gasteiger partial charge in [0.1, 0.15) is 0 Å². The lowest BCUT2D eigenvalue weighted by atomic mass is 10.0. The fourth-order valence-corrected chi connectivity index (χ4v) is 6.06. The van der Waals surface area contributed by atoms with Crippen molar-refractivity contribution in [2.24, 2.45) is 5.92 Å². The Morgan fingerprint density at radius 2 is 1.84 bits per heavy atom. The number of nitrogens with one attached hydrogen (secondary N) is 1. The molecule has 1 aromatic rings. The maximum Gasteiger partial charge on any atom is 0.243 e. The minimum absolute atomic E-state index is 0.0914. The van der Waals surface area contributed by atoms with Crippen molar-refractivity contribution in [1.82, 2.24) is 14.5 Å². The highest BCUT2D eigenvalue weighted by Crippen LogP contribution is 2.27. The van der Waals surface area contributed by atoms with E-state index in [1.54, 1.807) is 30.9 Å². The Balaban J connectivity index is 1.56. The van der Waals surface area contributed by atoms with Crippen LogP contribution in [-0.2, 0) is 19.6 Å². The van der Waals surface area contributed by atoms with Crippen molar-refractivity contribution >= 4 is 27.5 Å². The number of likely N-dealkylation sites (tertiary alicyclic amines) is 1. The van der Waals surface area contributed by atoms with Crippen LogP contribution in [0.4, 0.5) is 5.69 Å². The van der Waals surface area contributed by atoms with Gasteiger partial charge in [-0.3, -0.25) is 14.5 Å². The highest BCUT2D eigenvalue weighted by molar-refractivity contribution is 7.89. The summed E-state index contributed by atoms with van der Waals surface area (Å²) in [5, 5.41) is 3.00. The number of carbonyl (C=O) groups excluding carboxylic acids is 2. The molecule has 0 spiro atoms. The smallest absolute Gasteiger partial charge is 0.243 e. The maximum absolute atomic E-state index is 12.7. The predicted octanol–water partition coefficient (Wildman–Crippen LogP) is 2.06. The fourth-order valence-electron chi connectivity index (χ4n) is 4.60. The summed E-state index contributed by atoms with van der Waals surface area (Å²) >= 11 is 0. The molecule has 0 unspecified atom stereocenters. The fraction of sp³-hybridized carbons (Fsp3) is 0.652. The molecule has 32 heavy (non-hydrogen) atoms. The second kappa shape index (κ2) is 10.8. The summed E-state index contributed by atoms with van der Waals surface area (Å²) in [6.45, 7) is 9.45. The molecule has 2 amide bonds. The first-order chi connectivity index (χ1) is 15.3. The third-order valence-corrected chi connectivity index (χ3v) is 8.69. The van der Waals surface area contributed by atoms with Gasteiger partial charge in [0.2, 0.25) is 21.8 Å². The van der Waals surface area contributed by atoms with Crippen molar-refractivity contribution in [2.75, 3.05) is 44.2 Å². The van der Waals surface area contributed by atoms with E-state index in [9.17, 15) is 18.0 Å². The monoisotopic (exact) mass is 464 g/mol. The van der Waals surface area contributed by atoms with Crippen LogP contribution in [0.5, 0.6) is 0 Å². The van der Waals surface area contributed by atoms with E-state index in [4.69, 9.17) is 0 Å². The zero-order chi connectivity index (χ0) is 23.3. The van der Waals surface area contributed by atoms with Gasteiger partial charge in [-0.15, -0.1) is 0 Å². The number of amides is 2. The summed E-state index contributed by atoms with van der Waals surface area (Å²) in [6.07, 6.45) is 3.85. The Morgan fingerprint density at radius 3 is 2.47 bits per heavy atom. The molecule has 2 aliphatic heterocycles. The van der Waals surface area contributed by atoms with E-state index in [0.717, 1.165) is 13.1 Å². The van der Waals surface area contributed by atoms with Gasteiger partial charge in [-0.1, -0.05) is 20.3 Å². The van der Waals surface area contributed by atoms with Crippen LogP contribution < -0.4 is 10.2 Å². The number of piperidine rings is 1. The molecule has 2 aliphatic rings. The normalized spacial score (nSPS) is 22.5. The molecule has 1 aromatic carbocycles. The van der Waals surface area contributed by atoms with Gasteiger partial charge in [0.05, 0.1) is 10.8 Å². The van der Waals surface area contributed by atoms with E-state index >= 15 is 0 Å². The Bertz CT molecular complexity index is 899. The van der Waals surface area contributed by atoms with Crippen molar-refractivity contribution in [3.63, 3.8) is 0 Å². The summed E-state index contributed by atoms with van der Waals surface area (Å²) < 4.78 is 26.7. The van der Waals surface area contributed by atoms with Gasteiger partial charge in [0.15, 0.2) is 0 Å². The molecule has 0 aliphatic carbocycles. The quantitative estimate of drug-likeness (QED) is 0.604. The minimum atomic E-state index is -3.54. The predicted molar refractivity (Wildman–Crippen MR) is 125 cm³/mol. The first kappa shape index (κ1) is 24.7. The zero-order valence-electron chi connectivity index (χ0n) is 19.4. The number of sulfonamides is 1. The SMILES string of the molecule is CCN(CC)S(=O)(=O)c1ccc(N2C[C@H](C(=O)NCCN3CCCC[C@@H]3C)CC2=O)cc1. The molecule has 3 rings (SSSR count). The second-order valence-corrected chi connectivity index (χ2v) is 10.6. The number of anilines is 1. The topological polar surface area (TPSA) is 90.0 Å². The highest BCUT2D eigenvalue weighted by atomic mass is 32.2. The largest absolute Gasteiger partial charge is 0.355 e. The van der Waals surface area contributed by atoms with Crippen LogP contribution in [0.15, 0.2) is 29.2 Å². The number of hydrogen-bond donors (Lipinski definition) is 1. The summed E-state index contributed by atoms with van der Waals surface area (Å²) in [6, 6.07) is 6.91. The molecular weight excluding hydrogens is 428 g/mol. The Kier molecular flexibility index (Phi) is 8.30. The molecular formula is C23H36N4O4S. The molecule has 1 N–H and O–H groups in total. The molecule has 8 nitrogen and oxygen atoms in total. The average molecular weight is 465 g/mol. The highest BCUT2D eigenvalue weighted by Gasteiger charge is 2.35. The molecule has 2 atom stereocenters. The molecule has 2 heterocycles. The minimum Gasteiger partial charge on any atom is -0.355 e. The van der Waals surface area contributed by atoms with E-state index in [-0.39, 0.29) is 29.0 Å². The number of carbonyl (C=O) groups is 2. The first-order valence-electron chi connectivity index (χ1n) is 11.7. The van der Waals surface area contributed by atoms with Gasteiger partial charge < -0.3 is 10.2 Å². The molecule has 2 fully saturated rings. The lowest BCUT2D eigenvalue weighted by Gasteiger charge is -2.33. The average Bonchev–Trinajstić information content (AvgIpc) is 3.17. The van der Waals surface area contributed by atoms with E-state index in [1.165, 1.54) is 35.7 Å². The molecule has 0 aromatic heterocycles. The molecule has 0 saturated carbocycles. The van der Waals surface area contributed by atoms with Crippen molar-refractivity contribution in [3.8, 4) is 0 Å². The molecule has 9 heteroatoms. The number of benzene rings is 1. The van der Waals surface area contributed by atoms with Crippen LogP contribution in [-0.4, -0.2) is 74.7 Å². The first-order valence-corrected chi connectivity index (χ1v) is 13.1. The van der Waals surface area contributed by atoms with Gasteiger partial charge in [-0.25, -0.2) is 8.42 Å². The van der Waals surface area contributed by atoms with Crippen molar-refractivity contribution in [1.29, 1.82) is 0 Å². The lowest BCUT2D eigenvalue weighted by Crippen LogP contribution is -2.43. The van der Waals surface area contributed by atoms with E-state index in [2.05, 4.69) is 17.1 Å². The summed E-state index contributed by atoms with van der Waals surface area (Å²) in [5.74, 6) is -0.597. The lowest BCUT2D eigenvalue weighted by molar-refractivity contribution is -0.126. The van der Waals surface area contributed by atoms with Crippen LogP contribution in [0.25, 0.3) is 0 Å². The summed E-state index contributed by atoms with van der Waals surface area (Å²) in [7, 11) is -3.54. The third kappa shape index (κ3) is 5.50. The Hall–Kier alpha value is -1.97.